The van der Waals surface area contributed by atoms with Crippen LogP contribution >= 0.6 is 0 Å². The minimum absolute atomic E-state index is 0.258. The average Bonchev–Trinajstić information content (AvgIpc) is 2.89. The van der Waals surface area contributed by atoms with Gasteiger partial charge in [-0.3, -0.25) is 4.40 Å². The summed E-state index contributed by atoms with van der Waals surface area (Å²) in [6, 6.07) is 0. The highest BCUT2D eigenvalue weighted by molar-refractivity contribution is 5.53. The molecule has 0 spiro atoms. The molecule has 2 unspecified atom stereocenters. The molecule has 1 N–H and O–H groups in total. The molecule has 5 heteroatoms. The highest BCUT2D eigenvalue weighted by Gasteiger charge is 2.24. The maximum atomic E-state index is 6.15. The predicted octanol–water partition coefficient (Wildman–Crippen LogP) is 2.73. The zero-order valence-corrected chi connectivity index (χ0v) is 11.5. The topological polar surface area (TPSA) is 51.5 Å². The predicted molar refractivity (Wildman–Crippen MR) is 74.6 cm³/mol. The van der Waals surface area contributed by atoms with Gasteiger partial charge in [0, 0.05) is 19.4 Å². The maximum Gasteiger partial charge on any atom is 0.260 e. The van der Waals surface area contributed by atoms with Crippen molar-refractivity contribution in [2.45, 2.75) is 38.7 Å². The Labute approximate surface area is 113 Å². The molecular weight excluding hydrogens is 240 g/mol. The molecule has 2 aromatic rings. The molecule has 1 saturated carbocycles. The number of anilines is 1. The number of imidazole rings is 1. The molecule has 0 aromatic carbocycles. The summed E-state index contributed by atoms with van der Waals surface area (Å²) in [6.07, 6.45) is 10.8. The van der Waals surface area contributed by atoms with Gasteiger partial charge in [0.05, 0.1) is 6.20 Å². The number of fused-ring (bicyclic) bond motifs is 1. The van der Waals surface area contributed by atoms with E-state index < -0.39 is 0 Å². The van der Waals surface area contributed by atoms with Crippen LogP contribution in [0.3, 0.4) is 0 Å². The summed E-state index contributed by atoms with van der Waals surface area (Å²) in [5, 5.41) is 3.06. The average molecular weight is 260 g/mol. The van der Waals surface area contributed by atoms with Crippen LogP contribution in [0.15, 0.2) is 18.6 Å². The molecule has 1 fully saturated rings. The Hall–Kier alpha value is -1.78. The highest BCUT2D eigenvalue weighted by Crippen LogP contribution is 2.29. The van der Waals surface area contributed by atoms with Crippen molar-refractivity contribution in [2.75, 3.05) is 12.4 Å². The molecule has 0 saturated heterocycles. The first-order valence-electron chi connectivity index (χ1n) is 6.96. The fourth-order valence-electron chi connectivity index (χ4n) is 2.70. The van der Waals surface area contributed by atoms with Crippen molar-refractivity contribution in [3.8, 4) is 5.88 Å². The second-order valence-electron chi connectivity index (χ2n) is 5.26. The van der Waals surface area contributed by atoms with Gasteiger partial charge < -0.3 is 10.1 Å². The molecule has 0 radical (unpaired) electrons. The number of nitrogens with zero attached hydrogens (tertiary/aromatic N) is 3. The highest BCUT2D eigenvalue weighted by atomic mass is 16.5. The summed E-state index contributed by atoms with van der Waals surface area (Å²) >= 11 is 0. The van der Waals surface area contributed by atoms with Gasteiger partial charge in [-0.15, -0.1) is 0 Å². The van der Waals surface area contributed by atoms with Gasteiger partial charge in [-0.25, -0.2) is 4.98 Å². The molecule has 0 bridgehead atoms. The van der Waals surface area contributed by atoms with E-state index in [-0.39, 0.29) is 6.10 Å². The summed E-state index contributed by atoms with van der Waals surface area (Å²) in [7, 11) is 1.86. The van der Waals surface area contributed by atoms with E-state index in [1.165, 1.54) is 19.3 Å². The van der Waals surface area contributed by atoms with Crippen molar-refractivity contribution >= 4 is 11.5 Å². The quantitative estimate of drug-likeness (QED) is 0.922. The van der Waals surface area contributed by atoms with Crippen LogP contribution in [0.5, 0.6) is 5.88 Å². The van der Waals surface area contributed by atoms with Crippen molar-refractivity contribution in [1.82, 2.24) is 14.4 Å². The monoisotopic (exact) mass is 260 g/mol. The molecule has 3 rings (SSSR count). The first kappa shape index (κ1) is 12.3. The van der Waals surface area contributed by atoms with Crippen LogP contribution in [0.1, 0.15) is 32.6 Å². The fraction of sp³-hybridized carbons (Fsp3) is 0.571. The molecule has 1 aliphatic carbocycles. The lowest BCUT2D eigenvalue weighted by atomic mass is 9.88. The van der Waals surface area contributed by atoms with E-state index in [9.17, 15) is 0 Å². The lowest BCUT2D eigenvalue weighted by Crippen LogP contribution is -2.28. The maximum absolute atomic E-state index is 6.15. The number of hydrogen-bond acceptors (Lipinski definition) is 4. The lowest BCUT2D eigenvalue weighted by Gasteiger charge is -2.28. The standard InChI is InChI=1S/C14H20N4O/c1-10-5-3-4-6-11(10)19-14-13-16-7-8-18(13)9-12(15-2)17-14/h7-11,15H,3-6H2,1-2H3. The third-order valence-electron chi connectivity index (χ3n) is 3.90. The second-order valence-corrected chi connectivity index (χ2v) is 5.26. The van der Waals surface area contributed by atoms with Crippen LogP contribution in [-0.4, -0.2) is 27.5 Å². The number of aromatic nitrogens is 3. The van der Waals surface area contributed by atoms with Gasteiger partial charge in [0.25, 0.3) is 5.88 Å². The normalized spacial score (nSPS) is 23.5. The summed E-state index contributed by atoms with van der Waals surface area (Å²) in [5.74, 6) is 2.02. The first-order chi connectivity index (χ1) is 9.28. The molecule has 5 nitrogen and oxygen atoms in total. The van der Waals surface area contributed by atoms with Crippen LogP contribution in [0.2, 0.25) is 0 Å². The van der Waals surface area contributed by atoms with E-state index in [1.807, 2.05) is 23.8 Å². The molecule has 19 heavy (non-hydrogen) atoms. The molecule has 0 aliphatic heterocycles. The third kappa shape index (κ3) is 2.37. The van der Waals surface area contributed by atoms with Gasteiger partial charge in [-0.2, -0.15) is 4.98 Å². The summed E-state index contributed by atoms with van der Waals surface area (Å²) in [4.78, 5) is 8.84. The van der Waals surface area contributed by atoms with Crippen LogP contribution in [0.4, 0.5) is 5.82 Å². The Morgan fingerprint density at radius 1 is 1.37 bits per heavy atom. The van der Waals surface area contributed by atoms with E-state index in [4.69, 9.17) is 4.74 Å². The Balaban J connectivity index is 1.92. The van der Waals surface area contributed by atoms with Gasteiger partial charge >= 0.3 is 0 Å². The van der Waals surface area contributed by atoms with Crippen LogP contribution in [0, 0.1) is 5.92 Å². The molecule has 2 aromatic heterocycles. The van der Waals surface area contributed by atoms with E-state index in [1.54, 1.807) is 6.20 Å². The number of ether oxygens (including phenoxy) is 1. The Morgan fingerprint density at radius 3 is 3.00 bits per heavy atom. The molecular formula is C14H20N4O. The van der Waals surface area contributed by atoms with Crippen molar-refractivity contribution in [3.63, 3.8) is 0 Å². The number of nitrogens with one attached hydrogen (secondary N) is 1. The number of hydrogen-bond donors (Lipinski definition) is 1. The van der Waals surface area contributed by atoms with Crippen molar-refractivity contribution in [1.29, 1.82) is 0 Å². The van der Waals surface area contributed by atoms with Crippen LogP contribution in [0.25, 0.3) is 5.65 Å². The zero-order valence-electron chi connectivity index (χ0n) is 11.5. The van der Waals surface area contributed by atoms with Crippen LogP contribution < -0.4 is 10.1 Å². The van der Waals surface area contributed by atoms with Gasteiger partial charge in [0.15, 0.2) is 0 Å². The van der Waals surface area contributed by atoms with E-state index in [0.717, 1.165) is 17.9 Å². The van der Waals surface area contributed by atoms with E-state index in [0.29, 0.717) is 11.8 Å². The largest absolute Gasteiger partial charge is 0.471 e. The third-order valence-corrected chi connectivity index (χ3v) is 3.90. The minimum Gasteiger partial charge on any atom is -0.471 e. The van der Waals surface area contributed by atoms with Gasteiger partial charge in [-0.05, 0) is 25.2 Å². The van der Waals surface area contributed by atoms with Crippen molar-refractivity contribution in [3.05, 3.63) is 18.6 Å². The first-order valence-corrected chi connectivity index (χ1v) is 6.96. The molecule has 1 aliphatic rings. The van der Waals surface area contributed by atoms with Gasteiger partial charge in [-0.1, -0.05) is 13.3 Å². The van der Waals surface area contributed by atoms with Crippen molar-refractivity contribution < 1.29 is 4.74 Å². The Bertz CT molecular complexity index is 566. The smallest absolute Gasteiger partial charge is 0.260 e. The Kier molecular flexibility index (Phi) is 3.27. The SMILES string of the molecule is CNc1cn2ccnc2c(OC2CCCCC2C)n1. The molecule has 2 heterocycles. The Morgan fingerprint density at radius 2 is 2.21 bits per heavy atom. The molecule has 2 atom stereocenters. The summed E-state index contributed by atoms with van der Waals surface area (Å²) < 4.78 is 8.09. The number of rotatable bonds is 3. The van der Waals surface area contributed by atoms with E-state index >= 15 is 0 Å². The molecule has 102 valence electrons. The van der Waals surface area contributed by atoms with Crippen molar-refractivity contribution in [2.24, 2.45) is 5.92 Å². The summed E-state index contributed by atoms with van der Waals surface area (Å²) in [6.45, 7) is 2.26. The minimum atomic E-state index is 0.258. The zero-order chi connectivity index (χ0) is 13.2. The molecule has 0 amide bonds. The van der Waals surface area contributed by atoms with Gasteiger partial charge in [0.2, 0.25) is 5.65 Å². The lowest BCUT2D eigenvalue weighted by molar-refractivity contribution is 0.0988. The van der Waals surface area contributed by atoms with Crippen LogP contribution in [-0.2, 0) is 0 Å². The second kappa shape index (κ2) is 5.07. The van der Waals surface area contributed by atoms with Gasteiger partial charge in [0.1, 0.15) is 11.9 Å². The fourth-order valence-corrected chi connectivity index (χ4v) is 2.70. The summed E-state index contributed by atoms with van der Waals surface area (Å²) in [5.41, 5.74) is 0.789. The van der Waals surface area contributed by atoms with E-state index in [2.05, 4.69) is 22.2 Å².